The number of rotatable bonds is 8. The zero-order chi connectivity index (χ0) is 19.1. The molecule has 0 fully saturated rings. The van der Waals surface area contributed by atoms with Crippen LogP contribution in [0.15, 0.2) is 53.9 Å². The summed E-state index contributed by atoms with van der Waals surface area (Å²) in [4.78, 5) is 16.4. The van der Waals surface area contributed by atoms with E-state index in [0.29, 0.717) is 31.1 Å². The Bertz CT molecular complexity index is 893. The summed E-state index contributed by atoms with van der Waals surface area (Å²) in [5, 5.41) is 5.79. The van der Waals surface area contributed by atoms with E-state index in [9.17, 15) is 4.79 Å². The van der Waals surface area contributed by atoms with E-state index < -0.39 is 0 Å². The number of nitrogens with one attached hydrogen (secondary N) is 1. The minimum Gasteiger partial charge on any atom is -0.493 e. The zero-order valence-corrected chi connectivity index (χ0v) is 16.2. The van der Waals surface area contributed by atoms with Crippen molar-refractivity contribution in [3.05, 3.63) is 75.7 Å². The van der Waals surface area contributed by atoms with Gasteiger partial charge >= 0.3 is 0 Å². The molecular weight excluding hydrogens is 360 g/mol. The number of aromatic nitrogens is 1. The Hall–Kier alpha value is -2.86. The molecule has 2 aromatic carbocycles. The molecule has 0 spiro atoms. The van der Waals surface area contributed by atoms with E-state index in [-0.39, 0.29) is 5.91 Å². The van der Waals surface area contributed by atoms with Gasteiger partial charge in [-0.2, -0.15) is 0 Å². The van der Waals surface area contributed by atoms with Crippen LogP contribution >= 0.6 is 11.3 Å². The summed E-state index contributed by atoms with van der Waals surface area (Å²) in [6.45, 7) is 2.83. The van der Waals surface area contributed by atoms with Gasteiger partial charge in [0.05, 0.1) is 24.2 Å². The lowest BCUT2D eigenvalue weighted by Gasteiger charge is -2.13. The number of aryl methyl sites for hydroxylation is 1. The highest BCUT2D eigenvalue weighted by atomic mass is 32.1. The van der Waals surface area contributed by atoms with Crippen LogP contribution in [0.4, 0.5) is 0 Å². The number of benzene rings is 2. The smallest absolute Gasteiger partial charge is 0.226 e. The van der Waals surface area contributed by atoms with Crippen LogP contribution in [0, 0.1) is 6.92 Å². The number of thiazole rings is 1. The van der Waals surface area contributed by atoms with Crippen molar-refractivity contribution < 1.29 is 14.3 Å². The number of amides is 1. The number of carbonyl (C=O) groups is 1. The quantitative estimate of drug-likeness (QED) is 0.642. The normalized spacial score (nSPS) is 10.4. The molecule has 1 amide bonds. The van der Waals surface area contributed by atoms with Gasteiger partial charge < -0.3 is 14.8 Å². The molecular formula is C21H22N2O3S. The molecule has 0 unspecified atom stereocenters. The van der Waals surface area contributed by atoms with E-state index in [1.807, 2.05) is 60.8 Å². The maximum atomic E-state index is 12.1. The maximum Gasteiger partial charge on any atom is 0.226 e. The first-order chi connectivity index (χ1) is 13.1. The molecule has 0 aliphatic heterocycles. The second kappa shape index (κ2) is 9.19. The molecule has 0 aliphatic rings. The van der Waals surface area contributed by atoms with Gasteiger partial charge in [-0.25, -0.2) is 4.98 Å². The van der Waals surface area contributed by atoms with Gasteiger partial charge in [0.15, 0.2) is 11.5 Å². The summed E-state index contributed by atoms with van der Waals surface area (Å²) in [5.41, 5.74) is 2.84. The van der Waals surface area contributed by atoms with Crippen LogP contribution in [-0.4, -0.2) is 18.0 Å². The van der Waals surface area contributed by atoms with Gasteiger partial charge in [0.1, 0.15) is 6.61 Å². The molecule has 5 nitrogen and oxygen atoms in total. The number of carbonyl (C=O) groups excluding carboxylic acids is 1. The van der Waals surface area contributed by atoms with Crippen LogP contribution in [-0.2, 0) is 24.4 Å². The van der Waals surface area contributed by atoms with Gasteiger partial charge in [0.2, 0.25) is 5.91 Å². The third-order valence-corrected chi connectivity index (χ3v) is 4.79. The monoisotopic (exact) mass is 382 g/mol. The predicted molar refractivity (Wildman–Crippen MR) is 106 cm³/mol. The lowest BCUT2D eigenvalue weighted by molar-refractivity contribution is -0.120. The molecule has 0 bridgehead atoms. The highest BCUT2D eigenvalue weighted by Crippen LogP contribution is 2.28. The second-order valence-electron chi connectivity index (χ2n) is 6.07. The van der Waals surface area contributed by atoms with Crippen molar-refractivity contribution in [2.24, 2.45) is 0 Å². The van der Waals surface area contributed by atoms with Crippen molar-refractivity contribution in [3.63, 3.8) is 0 Å². The Morgan fingerprint density at radius 1 is 1.11 bits per heavy atom. The molecule has 0 atom stereocenters. The summed E-state index contributed by atoms with van der Waals surface area (Å²) in [6.07, 6.45) is 0.291. The van der Waals surface area contributed by atoms with Crippen molar-refractivity contribution in [3.8, 4) is 11.5 Å². The first-order valence-electron chi connectivity index (χ1n) is 8.65. The largest absolute Gasteiger partial charge is 0.493 e. The van der Waals surface area contributed by atoms with E-state index >= 15 is 0 Å². The van der Waals surface area contributed by atoms with Gasteiger partial charge in [0, 0.05) is 11.9 Å². The minimum atomic E-state index is -0.0522. The third kappa shape index (κ3) is 5.56. The zero-order valence-electron chi connectivity index (χ0n) is 15.4. The lowest BCUT2D eigenvalue weighted by Crippen LogP contribution is -2.24. The highest BCUT2D eigenvalue weighted by molar-refractivity contribution is 7.09. The van der Waals surface area contributed by atoms with Crippen LogP contribution < -0.4 is 14.8 Å². The maximum absolute atomic E-state index is 12.1. The first-order valence-corrected chi connectivity index (χ1v) is 9.53. The Balaban J connectivity index is 1.56. The van der Waals surface area contributed by atoms with E-state index in [2.05, 4.69) is 10.3 Å². The SMILES string of the molecule is COc1cc(CNC(=O)Cc2csc(C)n2)ccc1OCc1ccccc1. The number of nitrogens with zero attached hydrogens (tertiary/aromatic N) is 1. The molecule has 1 heterocycles. The van der Waals surface area contributed by atoms with Gasteiger partial charge in [0.25, 0.3) is 0 Å². The summed E-state index contributed by atoms with van der Waals surface area (Å²) in [6, 6.07) is 15.6. The fourth-order valence-electron chi connectivity index (χ4n) is 2.59. The fraction of sp³-hybridized carbons (Fsp3) is 0.238. The summed E-state index contributed by atoms with van der Waals surface area (Å²) in [5.74, 6) is 1.27. The van der Waals surface area contributed by atoms with Gasteiger partial charge in [-0.3, -0.25) is 4.79 Å². The summed E-state index contributed by atoms with van der Waals surface area (Å²) < 4.78 is 11.3. The Kier molecular flexibility index (Phi) is 6.44. The molecule has 0 saturated carbocycles. The molecule has 1 N–H and O–H groups in total. The first kappa shape index (κ1) is 18.9. The van der Waals surface area contributed by atoms with Crippen LogP contribution in [0.3, 0.4) is 0 Å². The number of hydrogen-bond acceptors (Lipinski definition) is 5. The number of ether oxygens (including phenoxy) is 2. The Morgan fingerprint density at radius 2 is 1.93 bits per heavy atom. The number of hydrogen-bond donors (Lipinski definition) is 1. The standard InChI is InChI=1S/C21H22N2O3S/c1-15-23-18(14-27-15)11-21(24)22-12-17-8-9-19(20(10-17)25-2)26-13-16-6-4-3-5-7-16/h3-10,14H,11-13H2,1-2H3,(H,22,24). The van der Waals surface area contributed by atoms with Crippen LogP contribution in [0.2, 0.25) is 0 Å². The fourth-order valence-corrected chi connectivity index (χ4v) is 3.21. The molecule has 3 rings (SSSR count). The van der Waals surface area contributed by atoms with E-state index in [1.165, 1.54) is 0 Å². The molecule has 6 heteroatoms. The minimum absolute atomic E-state index is 0.0522. The molecule has 3 aromatic rings. The van der Waals surface area contributed by atoms with Crippen LogP contribution in [0.25, 0.3) is 0 Å². The Labute approximate surface area is 163 Å². The molecule has 0 aliphatic carbocycles. The van der Waals surface area contributed by atoms with E-state index in [0.717, 1.165) is 21.8 Å². The lowest BCUT2D eigenvalue weighted by atomic mass is 10.2. The van der Waals surface area contributed by atoms with Crippen molar-refractivity contribution in [1.82, 2.24) is 10.3 Å². The molecule has 0 saturated heterocycles. The van der Waals surface area contributed by atoms with Crippen LogP contribution in [0.5, 0.6) is 11.5 Å². The molecule has 140 valence electrons. The third-order valence-electron chi connectivity index (χ3n) is 3.96. The second-order valence-corrected chi connectivity index (χ2v) is 7.13. The Morgan fingerprint density at radius 3 is 2.63 bits per heavy atom. The van der Waals surface area contributed by atoms with Gasteiger partial charge in [-0.15, -0.1) is 11.3 Å². The van der Waals surface area contributed by atoms with Crippen molar-refractivity contribution in [2.75, 3.05) is 7.11 Å². The average molecular weight is 382 g/mol. The van der Waals surface area contributed by atoms with Crippen molar-refractivity contribution >= 4 is 17.2 Å². The molecule has 27 heavy (non-hydrogen) atoms. The van der Waals surface area contributed by atoms with E-state index in [1.54, 1.807) is 18.4 Å². The predicted octanol–water partition coefficient (Wildman–Crippen LogP) is 3.90. The highest BCUT2D eigenvalue weighted by Gasteiger charge is 2.09. The molecule has 0 radical (unpaired) electrons. The molecule has 1 aromatic heterocycles. The average Bonchev–Trinajstić information content (AvgIpc) is 3.10. The van der Waals surface area contributed by atoms with Crippen molar-refractivity contribution in [1.29, 1.82) is 0 Å². The summed E-state index contributed by atoms with van der Waals surface area (Å²) >= 11 is 1.55. The van der Waals surface area contributed by atoms with Gasteiger partial charge in [-0.05, 0) is 30.2 Å². The summed E-state index contributed by atoms with van der Waals surface area (Å²) in [7, 11) is 1.61. The topological polar surface area (TPSA) is 60.5 Å². The van der Waals surface area contributed by atoms with Crippen molar-refractivity contribution in [2.45, 2.75) is 26.5 Å². The number of methoxy groups -OCH3 is 1. The van der Waals surface area contributed by atoms with E-state index in [4.69, 9.17) is 9.47 Å². The van der Waals surface area contributed by atoms with Crippen LogP contribution in [0.1, 0.15) is 21.8 Å². The van der Waals surface area contributed by atoms with Gasteiger partial charge in [-0.1, -0.05) is 36.4 Å².